The van der Waals surface area contributed by atoms with Gasteiger partial charge in [0.15, 0.2) is 0 Å². The minimum absolute atomic E-state index is 0.172. The summed E-state index contributed by atoms with van der Waals surface area (Å²) in [5.74, 6) is -2.74. The van der Waals surface area contributed by atoms with Crippen molar-refractivity contribution in [3.8, 4) is 11.9 Å². The van der Waals surface area contributed by atoms with Crippen LogP contribution in [0.3, 0.4) is 0 Å². The average Bonchev–Trinajstić information content (AvgIpc) is 2.20. The fourth-order valence-electron chi connectivity index (χ4n) is 1.07. The number of alkyl halides is 5. The molecule has 98 valence electrons. The molecule has 0 fully saturated rings. The van der Waals surface area contributed by atoms with Crippen molar-refractivity contribution in [3.63, 3.8) is 0 Å². The van der Waals surface area contributed by atoms with Gasteiger partial charge < -0.3 is 4.74 Å². The first-order chi connectivity index (χ1) is 8.24. The highest BCUT2D eigenvalue weighted by Gasteiger charge is 2.34. The monoisotopic (exact) mass is 270 g/mol. The number of nitrogens with zero attached hydrogens (tertiary/aromatic N) is 2. The van der Waals surface area contributed by atoms with Crippen LogP contribution in [0.15, 0.2) is 6.07 Å². The van der Waals surface area contributed by atoms with Crippen molar-refractivity contribution in [1.82, 2.24) is 4.98 Å². The van der Waals surface area contributed by atoms with Crippen LogP contribution in [0.5, 0.6) is 5.88 Å². The highest BCUT2D eigenvalue weighted by Crippen LogP contribution is 2.32. The van der Waals surface area contributed by atoms with E-state index in [0.29, 0.717) is 0 Å². The summed E-state index contributed by atoms with van der Waals surface area (Å²) in [4.78, 5) is 2.95. The summed E-state index contributed by atoms with van der Waals surface area (Å²) < 4.78 is 77.0. The van der Waals surface area contributed by atoms with Crippen LogP contribution in [0.1, 0.15) is 17.7 Å². The first-order valence-corrected chi connectivity index (χ1v) is 4.34. The number of hydrogen-bond acceptors (Lipinski definition) is 3. The van der Waals surface area contributed by atoms with Gasteiger partial charge in [-0.15, -0.1) is 13.2 Å². The summed E-state index contributed by atoms with van der Waals surface area (Å²) in [6, 6.07) is 1.61. The van der Waals surface area contributed by atoms with E-state index in [-0.39, 0.29) is 6.07 Å². The van der Waals surface area contributed by atoms with E-state index in [0.717, 1.165) is 0 Å². The standard InChI is InChI=1S/C9H4F6N2O/c10-5-3-4(7(11)12)8(18-9(13,14)15)17-6(5)1-2-16/h3,7H,1H2. The summed E-state index contributed by atoms with van der Waals surface area (Å²) in [6.45, 7) is 0. The van der Waals surface area contributed by atoms with Crippen molar-refractivity contribution in [1.29, 1.82) is 5.26 Å². The van der Waals surface area contributed by atoms with Crippen LogP contribution in [-0.2, 0) is 6.42 Å². The molecule has 0 atom stereocenters. The highest BCUT2D eigenvalue weighted by atomic mass is 19.4. The van der Waals surface area contributed by atoms with Gasteiger partial charge in [-0.1, -0.05) is 0 Å². The molecule has 0 N–H and O–H groups in total. The quantitative estimate of drug-likeness (QED) is 0.793. The molecule has 1 rings (SSSR count). The molecule has 0 spiro atoms. The van der Waals surface area contributed by atoms with Crippen molar-refractivity contribution in [2.75, 3.05) is 0 Å². The van der Waals surface area contributed by atoms with Crippen LogP contribution in [0.2, 0.25) is 0 Å². The SMILES string of the molecule is N#CCc1nc(OC(F)(F)F)c(C(F)F)cc1F. The van der Waals surface area contributed by atoms with E-state index in [1.54, 1.807) is 0 Å². The van der Waals surface area contributed by atoms with Gasteiger partial charge in [0, 0.05) is 0 Å². The second kappa shape index (κ2) is 5.12. The average molecular weight is 270 g/mol. The van der Waals surface area contributed by atoms with E-state index in [9.17, 15) is 26.3 Å². The number of nitriles is 1. The minimum Gasteiger partial charge on any atom is -0.387 e. The molecule has 0 aliphatic heterocycles. The second-order valence-electron chi connectivity index (χ2n) is 2.99. The summed E-state index contributed by atoms with van der Waals surface area (Å²) in [5.41, 5.74) is -2.02. The molecule has 1 aromatic rings. The van der Waals surface area contributed by atoms with Crippen molar-refractivity contribution < 1.29 is 31.1 Å². The number of aromatic nitrogens is 1. The molecule has 18 heavy (non-hydrogen) atoms. The minimum atomic E-state index is -5.24. The second-order valence-corrected chi connectivity index (χ2v) is 2.99. The van der Waals surface area contributed by atoms with Crippen LogP contribution in [0.4, 0.5) is 26.3 Å². The highest BCUT2D eigenvalue weighted by molar-refractivity contribution is 5.31. The van der Waals surface area contributed by atoms with Gasteiger partial charge >= 0.3 is 6.36 Å². The van der Waals surface area contributed by atoms with E-state index in [4.69, 9.17) is 5.26 Å². The number of pyridine rings is 1. The lowest BCUT2D eigenvalue weighted by molar-refractivity contribution is -0.276. The maximum Gasteiger partial charge on any atom is 0.574 e. The molecule has 0 unspecified atom stereocenters. The van der Waals surface area contributed by atoms with Crippen LogP contribution in [0.25, 0.3) is 0 Å². The van der Waals surface area contributed by atoms with Gasteiger partial charge in [-0.05, 0) is 6.07 Å². The fourth-order valence-corrected chi connectivity index (χ4v) is 1.07. The molecule has 0 bridgehead atoms. The molecule has 9 heteroatoms. The van der Waals surface area contributed by atoms with Crippen molar-refractivity contribution in [3.05, 3.63) is 23.1 Å². The number of hydrogen-bond donors (Lipinski definition) is 0. The molecular weight excluding hydrogens is 266 g/mol. The summed E-state index contributed by atoms with van der Waals surface area (Å²) in [6.07, 6.45) is -9.29. The predicted octanol–water partition coefficient (Wildman–Crippen LogP) is 3.12. The Morgan fingerprint density at radius 1 is 1.39 bits per heavy atom. The third-order valence-electron chi connectivity index (χ3n) is 1.74. The van der Waals surface area contributed by atoms with Gasteiger partial charge in [-0.25, -0.2) is 18.2 Å². The zero-order valence-corrected chi connectivity index (χ0v) is 8.43. The first kappa shape index (κ1) is 14.1. The Balaban J connectivity index is 3.27. The van der Waals surface area contributed by atoms with Crippen LogP contribution in [-0.4, -0.2) is 11.3 Å². The van der Waals surface area contributed by atoms with Gasteiger partial charge in [0.05, 0.1) is 23.7 Å². The fraction of sp³-hybridized carbons (Fsp3) is 0.333. The predicted molar refractivity (Wildman–Crippen MR) is 45.2 cm³/mol. The van der Waals surface area contributed by atoms with E-state index in [1.165, 1.54) is 6.07 Å². The largest absolute Gasteiger partial charge is 0.574 e. The number of ether oxygens (including phenoxy) is 1. The van der Waals surface area contributed by atoms with Crippen LogP contribution < -0.4 is 4.74 Å². The molecule has 0 aliphatic carbocycles. The lowest BCUT2D eigenvalue weighted by atomic mass is 10.2. The number of halogens is 6. The molecule has 0 radical (unpaired) electrons. The Morgan fingerprint density at radius 2 is 2.00 bits per heavy atom. The molecular formula is C9H4F6N2O. The lowest BCUT2D eigenvalue weighted by Gasteiger charge is -2.13. The van der Waals surface area contributed by atoms with Gasteiger partial charge in [0.25, 0.3) is 6.43 Å². The van der Waals surface area contributed by atoms with E-state index >= 15 is 0 Å². The molecule has 0 amide bonds. The molecule has 0 saturated heterocycles. The Hall–Kier alpha value is -1.98. The van der Waals surface area contributed by atoms with Crippen LogP contribution >= 0.6 is 0 Å². The third kappa shape index (κ3) is 3.51. The molecule has 1 heterocycles. The Labute approximate surface area is 96.6 Å². The van der Waals surface area contributed by atoms with Crippen molar-refractivity contribution >= 4 is 0 Å². The molecule has 0 aliphatic rings. The van der Waals surface area contributed by atoms with E-state index < -0.39 is 42.2 Å². The first-order valence-electron chi connectivity index (χ1n) is 4.34. The maximum absolute atomic E-state index is 13.1. The molecule has 0 aromatic carbocycles. The van der Waals surface area contributed by atoms with Gasteiger partial charge in [-0.3, -0.25) is 0 Å². The zero-order chi connectivity index (χ0) is 13.9. The van der Waals surface area contributed by atoms with E-state index in [2.05, 4.69) is 9.72 Å². The zero-order valence-electron chi connectivity index (χ0n) is 8.43. The van der Waals surface area contributed by atoms with Gasteiger partial charge in [-0.2, -0.15) is 5.26 Å². The Morgan fingerprint density at radius 3 is 2.44 bits per heavy atom. The number of rotatable bonds is 3. The smallest absolute Gasteiger partial charge is 0.387 e. The Kier molecular flexibility index (Phi) is 4.00. The molecule has 3 nitrogen and oxygen atoms in total. The summed E-state index contributed by atoms with van der Waals surface area (Å²) in [7, 11) is 0. The lowest BCUT2D eigenvalue weighted by Crippen LogP contribution is -2.20. The van der Waals surface area contributed by atoms with E-state index in [1.807, 2.05) is 0 Å². The van der Waals surface area contributed by atoms with Crippen LogP contribution in [0, 0.1) is 17.1 Å². The third-order valence-corrected chi connectivity index (χ3v) is 1.74. The molecule has 0 saturated carbocycles. The summed E-state index contributed by atoms with van der Waals surface area (Å²) in [5, 5.41) is 8.28. The van der Waals surface area contributed by atoms with Gasteiger partial charge in [0.1, 0.15) is 5.82 Å². The van der Waals surface area contributed by atoms with Crippen molar-refractivity contribution in [2.45, 2.75) is 19.2 Å². The normalized spacial score (nSPS) is 11.4. The summed E-state index contributed by atoms with van der Waals surface area (Å²) >= 11 is 0. The molecule has 1 aromatic heterocycles. The Bertz CT molecular complexity index is 479. The van der Waals surface area contributed by atoms with Crippen molar-refractivity contribution in [2.24, 2.45) is 0 Å². The maximum atomic E-state index is 13.1. The van der Waals surface area contributed by atoms with Gasteiger partial charge in [0.2, 0.25) is 5.88 Å². The topological polar surface area (TPSA) is 45.9 Å².